The zero-order chi connectivity index (χ0) is 13.6. The molecule has 1 unspecified atom stereocenters. The molecule has 0 aromatic carbocycles. The molecule has 1 aliphatic rings. The molecule has 1 rings (SSSR count). The van der Waals surface area contributed by atoms with Gasteiger partial charge in [0.25, 0.3) is 0 Å². The molecule has 106 valence electrons. The number of nitrogens with one attached hydrogen (secondary N) is 1. The quantitative estimate of drug-likeness (QED) is 0.557. The van der Waals surface area contributed by atoms with Crippen molar-refractivity contribution in [3.63, 3.8) is 0 Å². The van der Waals surface area contributed by atoms with Gasteiger partial charge in [-0.25, -0.2) is 13.6 Å². The maximum Gasteiger partial charge on any atom is 0.210 e. The fourth-order valence-electron chi connectivity index (χ4n) is 2.09. The Kier molecular flexibility index (Phi) is 5.87. The van der Waals surface area contributed by atoms with Crippen LogP contribution < -0.4 is 10.5 Å². The Labute approximate surface area is 110 Å². The first-order valence-electron chi connectivity index (χ1n) is 6.46. The van der Waals surface area contributed by atoms with Crippen LogP contribution in [0.25, 0.3) is 0 Å². The van der Waals surface area contributed by atoms with Crippen molar-refractivity contribution in [1.29, 1.82) is 0 Å². The molecule has 0 aromatic rings. The SMILES string of the molecule is CCNC(=NCCS(N)(=O)=O)N1CCCC(C)C1. The van der Waals surface area contributed by atoms with Crippen LogP contribution in [0.4, 0.5) is 0 Å². The number of aliphatic imine (C=N–C) groups is 1. The second-order valence-corrected chi connectivity index (χ2v) is 6.53. The van der Waals surface area contributed by atoms with Gasteiger partial charge in [-0.2, -0.15) is 0 Å². The van der Waals surface area contributed by atoms with Crippen LogP contribution in [0.15, 0.2) is 4.99 Å². The monoisotopic (exact) mass is 276 g/mol. The van der Waals surface area contributed by atoms with Gasteiger partial charge >= 0.3 is 0 Å². The number of piperidine rings is 1. The van der Waals surface area contributed by atoms with E-state index < -0.39 is 10.0 Å². The summed E-state index contributed by atoms with van der Waals surface area (Å²) in [6, 6.07) is 0. The lowest BCUT2D eigenvalue weighted by atomic mass is 10.0. The average molecular weight is 276 g/mol. The van der Waals surface area contributed by atoms with Crippen molar-refractivity contribution in [2.24, 2.45) is 16.0 Å². The van der Waals surface area contributed by atoms with Gasteiger partial charge in [0.1, 0.15) is 0 Å². The maximum atomic E-state index is 10.9. The van der Waals surface area contributed by atoms with Gasteiger partial charge in [-0.1, -0.05) is 6.92 Å². The highest BCUT2D eigenvalue weighted by atomic mass is 32.2. The van der Waals surface area contributed by atoms with Crippen LogP contribution in [0, 0.1) is 5.92 Å². The molecule has 1 saturated heterocycles. The Morgan fingerprint density at radius 1 is 1.56 bits per heavy atom. The standard InChI is InChI=1S/C11H24N4O2S/c1-3-13-11(14-6-8-18(12,16)17)15-7-4-5-10(2)9-15/h10H,3-9H2,1-2H3,(H,13,14)(H2,12,16,17). The summed E-state index contributed by atoms with van der Waals surface area (Å²) in [5.41, 5.74) is 0. The van der Waals surface area contributed by atoms with Crippen molar-refractivity contribution >= 4 is 16.0 Å². The van der Waals surface area contributed by atoms with E-state index in [0.29, 0.717) is 5.92 Å². The third-order valence-electron chi connectivity index (χ3n) is 2.93. The van der Waals surface area contributed by atoms with Crippen molar-refractivity contribution in [2.45, 2.75) is 26.7 Å². The van der Waals surface area contributed by atoms with E-state index in [1.807, 2.05) is 6.92 Å². The minimum absolute atomic E-state index is 0.106. The second-order valence-electron chi connectivity index (χ2n) is 4.80. The number of likely N-dealkylation sites (tertiary alicyclic amines) is 1. The fourth-order valence-corrected chi connectivity index (χ4v) is 2.43. The topological polar surface area (TPSA) is 87.8 Å². The number of guanidine groups is 1. The molecule has 0 radical (unpaired) electrons. The lowest BCUT2D eigenvalue weighted by Crippen LogP contribution is -2.46. The molecule has 1 aliphatic heterocycles. The number of hydrogen-bond donors (Lipinski definition) is 2. The van der Waals surface area contributed by atoms with Gasteiger partial charge in [-0.05, 0) is 25.7 Å². The van der Waals surface area contributed by atoms with E-state index >= 15 is 0 Å². The maximum absolute atomic E-state index is 10.9. The largest absolute Gasteiger partial charge is 0.357 e. The molecule has 1 heterocycles. The Balaban J connectivity index is 2.60. The molecule has 3 N–H and O–H groups in total. The molecule has 0 aliphatic carbocycles. The number of nitrogens with two attached hydrogens (primary N) is 1. The summed E-state index contributed by atoms with van der Waals surface area (Å²) in [4.78, 5) is 6.52. The van der Waals surface area contributed by atoms with Gasteiger partial charge in [-0.3, -0.25) is 4.99 Å². The minimum Gasteiger partial charge on any atom is -0.357 e. The van der Waals surface area contributed by atoms with Crippen molar-refractivity contribution < 1.29 is 8.42 Å². The summed E-state index contributed by atoms with van der Waals surface area (Å²) in [7, 11) is -3.43. The average Bonchev–Trinajstić information content (AvgIpc) is 2.26. The molecule has 18 heavy (non-hydrogen) atoms. The molecule has 0 spiro atoms. The van der Waals surface area contributed by atoms with Crippen LogP contribution in [-0.2, 0) is 10.0 Å². The first-order chi connectivity index (χ1) is 8.42. The predicted octanol–water partition coefficient (Wildman–Crippen LogP) is -0.0277. The van der Waals surface area contributed by atoms with Crippen LogP contribution in [-0.4, -0.2) is 51.2 Å². The molecule has 0 bridgehead atoms. The number of rotatable bonds is 4. The van der Waals surface area contributed by atoms with Crippen molar-refractivity contribution in [2.75, 3.05) is 31.9 Å². The van der Waals surface area contributed by atoms with Gasteiger partial charge in [0, 0.05) is 19.6 Å². The highest BCUT2D eigenvalue weighted by Gasteiger charge is 2.19. The molecule has 1 fully saturated rings. The van der Waals surface area contributed by atoms with E-state index in [1.165, 1.54) is 6.42 Å². The molecule has 0 saturated carbocycles. The number of nitrogens with zero attached hydrogens (tertiary/aromatic N) is 2. The number of sulfonamides is 1. The first-order valence-corrected chi connectivity index (χ1v) is 8.17. The van der Waals surface area contributed by atoms with Crippen LogP contribution in [0.1, 0.15) is 26.7 Å². The van der Waals surface area contributed by atoms with Crippen LogP contribution in [0.2, 0.25) is 0 Å². The zero-order valence-electron chi connectivity index (χ0n) is 11.2. The summed E-state index contributed by atoms with van der Waals surface area (Å²) in [6.45, 7) is 7.17. The van der Waals surface area contributed by atoms with Crippen LogP contribution in [0.3, 0.4) is 0 Å². The summed E-state index contributed by atoms with van der Waals surface area (Å²) >= 11 is 0. The Morgan fingerprint density at radius 2 is 2.28 bits per heavy atom. The smallest absolute Gasteiger partial charge is 0.210 e. The second kappa shape index (κ2) is 6.94. The highest BCUT2D eigenvalue weighted by Crippen LogP contribution is 2.15. The fraction of sp³-hybridized carbons (Fsp3) is 0.909. The van der Waals surface area contributed by atoms with Crippen LogP contribution in [0.5, 0.6) is 0 Å². The predicted molar refractivity (Wildman–Crippen MR) is 73.9 cm³/mol. The number of hydrogen-bond acceptors (Lipinski definition) is 3. The van der Waals surface area contributed by atoms with Crippen molar-refractivity contribution in [3.8, 4) is 0 Å². The lowest BCUT2D eigenvalue weighted by molar-refractivity contribution is 0.266. The summed E-state index contributed by atoms with van der Waals surface area (Å²) in [5.74, 6) is 1.35. The zero-order valence-corrected chi connectivity index (χ0v) is 12.0. The molecule has 7 heteroatoms. The summed E-state index contributed by atoms with van der Waals surface area (Å²) in [6.07, 6.45) is 2.40. The van der Waals surface area contributed by atoms with Gasteiger partial charge in [-0.15, -0.1) is 0 Å². The third kappa shape index (κ3) is 5.68. The molecule has 0 aromatic heterocycles. The molecule has 0 amide bonds. The Hall–Kier alpha value is -0.820. The first kappa shape index (κ1) is 15.2. The number of primary sulfonamides is 1. The Morgan fingerprint density at radius 3 is 2.83 bits per heavy atom. The van der Waals surface area contributed by atoms with Gasteiger partial charge in [0.05, 0.1) is 12.3 Å². The van der Waals surface area contributed by atoms with E-state index in [0.717, 1.165) is 32.0 Å². The van der Waals surface area contributed by atoms with Crippen molar-refractivity contribution in [1.82, 2.24) is 10.2 Å². The van der Waals surface area contributed by atoms with E-state index in [9.17, 15) is 8.42 Å². The van der Waals surface area contributed by atoms with Crippen LogP contribution >= 0.6 is 0 Å². The normalized spacial score (nSPS) is 22.1. The van der Waals surface area contributed by atoms with Gasteiger partial charge in [0.15, 0.2) is 5.96 Å². The molecule has 1 atom stereocenters. The van der Waals surface area contributed by atoms with E-state index in [4.69, 9.17) is 5.14 Å². The highest BCUT2D eigenvalue weighted by molar-refractivity contribution is 7.89. The third-order valence-corrected chi connectivity index (χ3v) is 3.68. The van der Waals surface area contributed by atoms with Gasteiger partial charge < -0.3 is 10.2 Å². The van der Waals surface area contributed by atoms with E-state index in [-0.39, 0.29) is 12.3 Å². The summed E-state index contributed by atoms with van der Waals surface area (Å²) < 4.78 is 21.7. The minimum atomic E-state index is -3.43. The molecular formula is C11H24N4O2S. The van der Waals surface area contributed by atoms with Crippen molar-refractivity contribution in [3.05, 3.63) is 0 Å². The van der Waals surface area contributed by atoms with E-state index in [2.05, 4.69) is 22.1 Å². The molecule has 6 nitrogen and oxygen atoms in total. The summed E-state index contributed by atoms with van der Waals surface area (Å²) in [5, 5.41) is 8.16. The van der Waals surface area contributed by atoms with Gasteiger partial charge in [0.2, 0.25) is 10.0 Å². The van der Waals surface area contributed by atoms with E-state index in [1.54, 1.807) is 0 Å². The molecular weight excluding hydrogens is 252 g/mol. The lowest BCUT2D eigenvalue weighted by Gasteiger charge is -2.33. The Bertz CT molecular complexity index is 381.